The highest BCUT2D eigenvalue weighted by molar-refractivity contribution is 5.96. The molecule has 0 radical (unpaired) electrons. The van der Waals surface area contributed by atoms with Crippen molar-refractivity contribution in [2.24, 2.45) is 0 Å². The van der Waals surface area contributed by atoms with Crippen molar-refractivity contribution in [2.45, 2.75) is 12.5 Å². The number of imidazole rings is 1. The van der Waals surface area contributed by atoms with Gasteiger partial charge in [0.15, 0.2) is 0 Å². The second-order valence-corrected chi connectivity index (χ2v) is 4.01. The molecule has 1 heterocycles. The van der Waals surface area contributed by atoms with Crippen LogP contribution in [0.25, 0.3) is 0 Å². The van der Waals surface area contributed by atoms with Crippen LogP contribution < -0.4 is 5.32 Å². The maximum atomic E-state index is 11.9. The molecule has 0 aliphatic rings. The quantitative estimate of drug-likeness (QED) is 0.711. The number of hydrogen-bond acceptors (Lipinski definition) is 3. The number of aromatic amines is 1. The SMILES string of the molecule is O.O=C(NC(Cc1cnc[nH]1)C(=O)O)c1ccccc1. The highest BCUT2D eigenvalue weighted by Gasteiger charge is 2.21. The number of carboxylic acids is 1. The van der Waals surface area contributed by atoms with Crippen LogP contribution in [-0.4, -0.2) is 38.5 Å². The zero-order valence-electron chi connectivity index (χ0n) is 10.5. The molecule has 1 aromatic carbocycles. The first-order valence-electron chi connectivity index (χ1n) is 5.73. The number of carboxylic acid groups (broad SMARTS) is 1. The molecule has 7 heteroatoms. The molecular formula is C13H15N3O4. The van der Waals surface area contributed by atoms with E-state index in [0.717, 1.165) is 0 Å². The highest BCUT2D eigenvalue weighted by atomic mass is 16.4. The van der Waals surface area contributed by atoms with Gasteiger partial charge in [-0.2, -0.15) is 0 Å². The average Bonchev–Trinajstić information content (AvgIpc) is 2.91. The monoisotopic (exact) mass is 277 g/mol. The van der Waals surface area contributed by atoms with E-state index in [2.05, 4.69) is 15.3 Å². The number of nitrogens with one attached hydrogen (secondary N) is 2. The molecule has 1 aromatic heterocycles. The van der Waals surface area contributed by atoms with Crippen LogP contribution >= 0.6 is 0 Å². The Bertz CT molecular complexity index is 554. The van der Waals surface area contributed by atoms with Crippen LogP contribution in [-0.2, 0) is 11.2 Å². The number of H-pyrrole nitrogens is 1. The van der Waals surface area contributed by atoms with E-state index in [4.69, 9.17) is 5.11 Å². The van der Waals surface area contributed by atoms with Crippen molar-refractivity contribution in [1.29, 1.82) is 0 Å². The highest BCUT2D eigenvalue weighted by Crippen LogP contribution is 2.02. The van der Waals surface area contributed by atoms with E-state index in [0.29, 0.717) is 11.3 Å². The summed E-state index contributed by atoms with van der Waals surface area (Å²) in [7, 11) is 0. The van der Waals surface area contributed by atoms with Gasteiger partial charge in [-0.25, -0.2) is 9.78 Å². The summed E-state index contributed by atoms with van der Waals surface area (Å²) in [6, 6.07) is 7.50. The fourth-order valence-corrected chi connectivity index (χ4v) is 1.65. The largest absolute Gasteiger partial charge is 0.480 e. The summed E-state index contributed by atoms with van der Waals surface area (Å²) in [4.78, 5) is 29.7. The van der Waals surface area contributed by atoms with Gasteiger partial charge >= 0.3 is 5.97 Å². The topological polar surface area (TPSA) is 127 Å². The molecule has 1 atom stereocenters. The standard InChI is InChI=1S/C13H13N3O3.H2O/c17-12(9-4-2-1-3-5-9)16-11(13(18)19)6-10-7-14-8-15-10;/h1-5,7-8,11H,6H2,(H,14,15)(H,16,17)(H,18,19);1H2. The summed E-state index contributed by atoms with van der Waals surface area (Å²) in [5, 5.41) is 11.6. The Morgan fingerprint density at radius 2 is 2.00 bits per heavy atom. The van der Waals surface area contributed by atoms with Gasteiger partial charge in [0.2, 0.25) is 0 Å². The van der Waals surface area contributed by atoms with E-state index in [9.17, 15) is 9.59 Å². The number of aromatic nitrogens is 2. The maximum Gasteiger partial charge on any atom is 0.326 e. The van der Waals surface area contributed by atoms with E-state index in [1.54, 1.807) is 30.3 Å². The number of amides is 1. The lowest BCUT2D eigenvalue weighted by molar-refractivity contribution is -0.139. The van der Waals surface area contributed by atoms with Crippen LogP contribution in [0, 0.1) is 0 Å². The van der Waals surface area contributed by atoms with Crippen LogP contribution in [0.5, 0.6) is 0 Å². The number of rotatable bonds is 5. The molecule has 106 valence electrons. The smallest absolute Gasteiger partial charge is 0.326 e. The Labute approximate surface area is 115 Å². The van der Waals surface area contributed by atoms with Crippen molar-refractivity contribution in [3.63, 3.8) is 0 Å². The van der Waals surface area contributed by atoms with Crippen molar-refractivity contribution in [3.05, 3.63) is 54.1 Å². The molecule has 0 saturated heterocycles. The van der Waals surface area contributed by atoms with Crippen molar-refractivity contribution in [3.8, 4) is 0 Å². The van der Waals surface area contributed by atoms with Gasteiger partial charge in [0.25, 0.3) is 5.91 Å². The summed E-state index contributed by atoms with van der Waals surface area (Å²) in [5.41, 5.74) is 1.08. The van der Waals surface area contributed by atoms with Gasteiger partial charge in [0.05, 0.1) is 6.33 Å². The number of hydrogen-bond donors (Lipinski definition) is 3. The molecule has 7 nitrogen and oxygen atoms in total. The number of carbonyl (C=O) groups excluding carboxylic acids is 1. The van der Waals surface area contributed by atoms with Gasteiger partial charge in [-0.15, -0.1) is 0 Å². The normalized spacial score (nSPS) is 11.2. The number of aliphatic carboxylic acids is 1. The van der Waals surface area contributed by atoms with Crippen LogP contribution in [0.1, 0.15) is 16.1 Å². The molecule has 0 saturated carbocycles. The van der Waals surface area contributed by atoms with Crippen molar-refractivity contribution < 1.29 is 20.2 Å². The third kappa shape index (κ3) is 3.92. The van der Waals surface area contributed by atoms with E-state index in [1.165, 1.54) is 12.5 Å². The lowest BCUT2D eigenvalue weighted by atomic mass is 10.1. The van der Waals surface area contributed by atoms with E-state index in [1.807, 2.05) is 0 Å². The van der Waals surface area contributed by atoms with Crippen LogP contribution in [0.2, 0.25) is 0 Å². The minimum atomic E-state index is -1.08. The number of nitrogens with zero attached hydrogens (tertiary/aromatic N) is 1. The van der Waals surface area contributed by atoms with Crippen molar-refractivity contribution >= 4 is 11.9 Å². The van der Waals surface area contributed by atoms with Crippen LogP contribution in [0.4, 0.5) is 0 Å². The van der Waals surface area contributed by atoms with E-state index in [-0.39, 0.29) is 11.9 Å². The molecule has 2 aromatic rings. The third-order valence-corrected chi connectivity index (χ3v) is 2.62. The van der Waals surface area contributed by atoms with Crippen molar-refractivity contribution in [2.75, 3.05) is 0 Å². The first-order valence-corrected chi connectivity index (χ1v) is 5.73. The van der Waals surface area contributed by atoms with Gasteiger partial charge in [-0.1, -0.05) is 18.2 Å². The fourth-order valence-electron chi connectivity index (χ4n) is 1.65. The summed E-state index contributed by atoms with van der Waals surface area (Å²) in [6.45, 7) is 0. The minimum Gasteiger partial charge on any atom is -0.480 e. The summed E-state index contributed by atoms with van der Waals surface area (Å²) < 4.78 is 0. The Balaban J connectivity index is 0.00000200. The molecule has 1 amide bonds. The Morgan fingerprint density at radius 1 is 1.30 bits per heavy atom. The van der Waals surface area contributed by atoms with Crippen molar-refractivity contribution in [1.82, 2.24) is 15.3 Å². The lowest BCUT2D eigenvalue weighted by Gasteiger charge is -2.13. The Hall–Kier alpha value is -2.67. The Kier molecular flexibility index (Phi) is 5.42. The first kappa shape index (κ1) is 15.4. The minimum absolute atomic E-state index is 0. The zero-order valence-corrected chi connectivity index (χ0v) is 10.5. The molecule has 0 aliphatic heterocycles. The molecule has 0 aliphatic carbocycles. The summed E-state index contributed by atoms with van der Waals surface area (Å²) in [6.07, 6.45) is 3.16. The molecule has 2 rings (SSSR count). The first-order chi connectivity index (χ1) is 9.16. The second-order valence-electron chi connectivity index (χ2n) is 4.01. The predicted octanol–water partition coefficient (Wildman–Crippen LogP) is 0.0107. The molecule has 0 spiro atoms. The fraction of sp³-hybridized carbons (Fsp3) is 0.154. The average molecular weight is 277 g/mol. The van der Waals surface area contributed by atoms with Gasteiger partial charge in [0, 0.05) is 23.9 Å². The van der Waals surface area contributed by atoms with Gasteiger partial charge < -0.3 is 20.9 Å². The molecule has 20 heavy (non-hydrogen) atoms. The van der Waals surface area contributed by atoms with E-state index >= 15 is 0 Å². The molecule has 0 bridgehead atoms. The lowest BCUT2D eigenvalue weighted by Crippen LogP contribution is -2.42. The Morgan fingerprint density at radius 3 is 2.55 bits per heavy atom. The summed E-state index contributed by atoms with van der Waals surface area (Å²) >= 11 is 0. The van der Waals surface area contributed by atoms with E-state index < -0.39 is 17.9 Å². The third-order valence-electron chi connectivity index (χ3n) is 2.62. The van der Waals surface area contributed by atoms with Crippen LogP contribution in [0.3, 0.4) is 0 Å². The van der Waals surface area contributed by atoms with Gasteiger partial charge in [-0.3, -0.25) is 4.79 Å². The molecular weight excluding hydrogens is 262 g/mol. The number of benzene rings is 1. The number of carbonyl (C=O) groups is 2. The van der Waals surface area contributed by atoms with Gasteiger partial charge in [0.1, 0.15) is 6.04 Å². The van der Waals surface area contributed by atoms with Crippen LogP contribution in [0.15, 0.2) is 42.9 Å². The predicted molar refractivity (Wildman–Crippen MR) is 71.2 cm³/mol. The van der Waals surface area contributed by atoms with Gasteiger partial charge in [-0.05, 0) is 12.1 Å². The second kappa shape index (κ2) is 7.05. The summed E-state index contributed by atoms with van der Waals surface area (Å²) in [5.74, 6) is -1.49. The zero-order chi connectivity index (χ0) is 13.7. The molecule has 1 unspecified atom stereocenters. The molecule has 5 N–H and O–H groups in total. The molecule has 0 fully saturated rings. The maximum absolute atomic E-state index is 11.9.